The SMILES string of the molecule is CC(C)(C)[Si](C)(C)C#CC[C@H](NC(=O)c1cccc([N+](=O)[O-])c1)C(=O)O. The van der Waals surface area contributed by atoms with Gasteiger partial charge in [-0.3, -0.25) is 14.9 Å². The topological polar surface area (TPSA) is 110 Å². The Hall–Kier alpha value is -2.66. The predicted molar refractivity (Wildman–Crippen MR) is 102 cm³/mol. The van der Waals surface area contributed by atoms with E-state index < -0.39 is 30.9 Å². The van der Waals surface area contributed by atoms with Gasteiger partial charge >= 0.3 is 5.97 Å². The first kappa shape index (κ1) is 21.4. The van der Waals surface area contributed by atoms with Crippen molar-refractivity contribution >= 4 is 25.6 Å². The Balaban J connectivity index is 2.90. The number of non-ortho nitro benzene ring substituents is 1. The van der Waals surface area contributed by atoms with Crippen molar-refractivity contribution in [2.24, 2.45) is 0 Å². The van der Waals surface area contributed by atoms with E-state index in [1.807, 2.05) is 0 Å². The molecule has 0 fully saturated rings. The zero-order chi connectivity index (χ0) is 20.1. The molecule has 26 heavy (non-hydrogen) atoms. The van der Waals surface area contributed by atoms with Gasteiger partial charge in [-0.1, -0.05) is 39.9 Å². The van der Waals surface area contributed by atoms with Crippen LogP contribution in [0, 0.1) is 21.6 Å². The molecule has 7 nitrogen and oxygen atoms in total. The third-order valence-corrected chi connectivity index (χ3v) is 9.06. The summed E-state index contributed by atoms with van der Waals surface area (Å²) in [4.78, 5) is 33.8. The number of nitrogens with one attached hydrogen (secondary N) is 1. The summed E-state index contributed by atoms with van der Waals surface area (Å²) in [5.74, 6) is 1.02. The summed E-state index contributed by atoms with van der Waals surface area (Å²) in [7, 11) is -1.87. The number of hydrogen-bond acceptors (Lipinski definition) is 4. The quantitative estimate of drug-likeness (QED) is 0.355. The van der Waals surface area contributed by atoms with Crippen molar-refractivity contribution in [1.29, 1.82) is 0 Å². The Morgan fingerprint density at radius 3 is 2.46 bits per heavy atom. The molecule has 0 radical (unpaired) electrons. The standard InChI is InChI=1S/C18H24N2O5Si/c1-18(2,3)26(4,5)11-7-10-15(17(22)23)19-16(21)13-8-6-9-14(12-13)20(24)25/h6,8-9,12,15H,10H2,1-5H3,(H,19,21)(H,22,23)/t15-/m0/s1. The van der Waals surface area contributed by atoms with Crippen LogP contribution in [0.5, 0.6) is 0 Å². The third kappa shape index (κ3) is 5.70. The molecule has 0 saturated heterocycles. The van der Waals surface area contributed by atoms with Crippen LogP contribution in [-0.4, -0.2) is 36.0 Å². The number of hydrogen-bond donors (Lipinski definition) is 2. The van der Waals surface area contributed by atoms with E-state index in [0.29, 0.717) is 0 Å². The van der Waals surface area contributed by atoms with Crippen LogP contribution < -0.4 is 5.32 Å². The molecule has 2 N–H and O–H groups in total. The van der Waals surface area contributed by atoms with Crippen molar-refractivity contribution in [3.63, 3.8) is 0 Å². The number of carbonyl (C=O) groups is 2. The minimum atomic E-state index is -1.87. The monoisotopic (exact) mass is 376 g/mol. The molecular weight excluding hydrogens is 352 g/mol. The fourth-order valence-electron chi connectivity index (χ4n) is 1.76. The van der Waals surface area contributed by atoms with Gasteiger partial charge in [-0.05, 0) is 11.1 Å². The molecule has 1 aromatic carbocycles. The molecule has 0 saturated carbocycles. The summed E-state index contributed by atoms with van der Waals surface area (Å²) < 4.78 is 0. The van der Waals surface area contributed by atoms with Crippen LogP contribution in [-0.2, 0) is 4.79 Å². The average molecular weight is 376 g/mol. The molecule has 0 aliphatic carbocycles. The molecule has 1 atom stereocenters. The lowest BCUT2D eigenvalue weighted by atomic mass is 10.1. The first-order chi connectivity index (χ1) is 11.8. The second-order valence-electron chi connectivity index (χ2n) is 7.55. The highest BCUT2D eigenvalue weighted by Crippen LogP contribution is 2.35. The molecule has 1 aromatic rings. The summed E-state index contributed by atoms with van der Waals surface area (Å²) >= 11 is 0. The molecule has 0 aromatic heterocycles. The largest absolute Gasteiger partial charge is 0.480 e. The first-order valence-corrected chi connectivity index (χ1v) is 11.1. The molecule has 0 heterocycles. The Morgan fingerprint density at radius 1 is 1.35 bits per heavy atom. The maximum Gasteiger partial charge on any atom is 0.327 e. The van der Waals surface area contributed by atoms with Gasteiger partial charge in [0.1, 0.15) is 14.1 Å². The number of nitrogens with zero attached hydrogens (tertiary/aromatic N) is 1. The van der Waals surface area contributed by atoms with E-state index in [1.165, 1.54) is 18.2 Å². The normalized spacial score (nSPS) is 12.5. The lowest BCUT2D eigenvalue weighted by Crippen LogP contribution is -2.41. The van der Waals surface area contributed by atoms with Crippen molar-refractivity contribution in [3.8, 4) is 11.5 Å². The number of carboxylic acids is 1. The molecule has 8 heteroatoms. The van der Waals surface area contributed by atoms with Gasteiger partial charge in [-0.15, -0.1) is 11.5 Å². The highest BCUT2D eigenvalue weighted by Gasteiger charge is 2.33. The van der Waals surface area contributed by atoms with Crippen molar-refractivity contribution in [2.75, 3.05) is 0 Å². The van der Waals surface area contributed by atoms with Gasteiger partial charge in [-0.2, -0.15) is 0 Å². The second kappa shape index (κ2) is 8.14. The smallest absolute Gasteiger partial charge is 0.327 e. The molecule has 0 bridgehead atoms. The van der Waals surface area contributed by atoms with Crippen molar-refractivity contribution in [3.05, 3.63) is 39.9 Å². The minimum absolute atomic E-state index is 0.0253. The Kier molecular flexibility index (Phi) is 6.70. The van der Waals surface area contributed by atoms with Gasteiger partial charge in [0.2, 0.25) is 0 Å². The van der Waals surface area contributed by atoms with Crippen LogP contribution in [0.3, 0.4) is 0 Å². The molecular formula is C18H24N2O5Si. The van der Waals surface area contributed by atoms with E-state index >= 15 is 0 Å². The van der Waals surface area contributed by atoms with Crippen LogP contribution in [0.2, 0.25) is 18.1 Å². The maximum atomic E-state index is 12.2. The summed E-state index contributed by atoms with van der Waals surface area (Å²) in [6.45, 7) is 10.5. The predicted octanol–water partition coefficient (Wildman–Crippen LogP) is 3.22. The summed E-state index contributed by atoms with van der Waals surface area (Å²) in [6.07, 6.45) is -0.0253. The van der Waals surface area contributed by atoms with Gasteiger partial charge in [0.15, 0.2) is 0 Å². The summed E-state index contributed by atoms with van der Waals surface area (Å²) in [5, 5.41) is 22.5. The molecule has 0 aliphatic rings. The number of carbonyl (C=O) groups excluding carboxylic acids is 1. The van der Waals surface area contributed by atoms with E-state index in [2.05, 4.69) is 50.6 Å². The Morgan fingerprint density at radius 2 is 1.96 bits per heavy atom. The molecule has 0 unspecified atom stereocenters. The lowest BCUT2D eigenvalue weighted by Gasteiger charge is -2.31. The average Bonchev–Trinajstić information content (AvgIpc) is 2.52. The van der Waals surface area contributed by atoms with Crippen molar-refractivity contribution in [1.82, 2.24) is 5.32 Å². The number of nitro groups is 1. The number of amides is 1. The maximum absolute atomic E-state index is 12.2. The fraction of sp³-hybridized carbons (Fsp3) is 0.444. The van der Waals surface area contributed by atoms with Gasteiger partial charge in [-0.25, -0.2) is 4.79 Å². The lowest BCUT2D eigenvalue weighted by molar-refractivity contribution is -0.384. The van der Waals surface area contributed by atoms with Crippen molar-refractivity contribution < 1.29 is 19.6 Å². The van der Waals surface area contributed by atoms with Crippen LogP contribution >= 0.6 is 0 Å². The molecule has 0 spiro atoms. The van der Waals surface area contributed by atoms with Gasteiger partial charge in [0.05, 0.1) is 4.92 Å². The Labute approximate surface area is 154 Å². The number of benzene rings is 1. The fourth-order valence-corrected chi connectivity index (χ4v) is 2.68. The number of carboxylic acid groups (broad SMARTS) is 1. The van der Waals surface area contributed by atoms with Crippen LogP contribution in [0.15, 0.2) is 24.3 Å². The number of nitro benzene ring substituents is 1. The number of aliphatic carboxylic acids is 1. The van der Waals surface area contributed by atoms with Crippen LogP contribution in [0.4, 0.5) is 5.69 Å². The van der Waals surface area contributed by atoms with E-state index in [0.717, 1.165) is 6.07 Å². The Bertz CT molecular complexity index is 772. The highest BCUT2D eigenvalue weighted by atomic mass is 28.3. The third-order valence-electron chi connectivity index (χ3n) is 4.50. The van der Waals surface area contributed by atoms with Crippen LogP contribution in [0.25, 0.3) is 0 Å². The van der Waals surface area contributed by atoms with Gasteiger partial charge < -0.3 is 10.4 Å². The van der Waals surface area contributed by atoms with Gasteiger partial charge in [0, 0.05) is 24.1 Å². The molecule has 1 amide bonds. The van der Waals surface area contributed by atoms with Crippen molar-refractivity contribution in [2.45, 2.75) is 51.4 Å². The molecule has 140 valence electrons. The van der Waals surface area contributed by atoms with E-state index in [4.69, 9.17) is 0 Å². The minimum Gasteiger partial charge on any atom is -0.480 e. The summed E-state index contributed by atoms with van der Waals surface area (Å²) in [6, 6.07) is 3.95. The molecule has 0 aliphatic heterocycles. The number of rotatable bonds is 5. The first-order valence-electron chi connectivity index (χ1n) is 8.13. The zero-order valence-corrected chi connectivity index (χ0v) is 16.6. The highest BCUT2D eigenvalue weighted by molar-refractivity contribution is 6.87. The molecule has 1 rings (SSSR count). The van der Waals surface area contributed by atoms with Crippen LogP contribution in [0.1, 0.15) is 37.6 Å². The summed E-state index contributed by atoms with van der Waals surface area (Å²) in [5.41, 5.74) is 3.00. The van der Waals surface area contributed by atoms with Gasteiger partial charge in [0.25, 0.3) is 11.6 Å². The second-order valence-corrected chi connectivity index (χ2v) is 12.6. The van der Waals surface area contributed by atoms with E-state index in [9.17, 15) is 24.8 Å². The van der Waals surface area contributed by atoms with E-state index in [1.54, 1.807) is 0 Å². The van der Waals surface area contributed by atoms with E-state index in [-0.39, 0.29) is 22.7 Å². The zero-order valence-electron chi connectivity index (χ0n) is 15.6.